The zero-order chi connectivity index (χ0) is 10.8. The quantitative estimate of drug-likeness (QED) is 0.666. The summed E-state index contributed by atoms with van der Waals surface area (Å²) in [6.45, 7) is 14.4. The van der Waals surface area contributed by atoms with E-state index in [9.17, 15) is 0 Å². The maximum atomic E-state index is 2.80. The highest BCUT2D eigenvalue weighted by atomic mass is 28.4. The minimum Gasteiger partial charge on any atom is -0.334 e. The van der Waals surface area contributed by atoms with Crippen LogP contribution in [0.15, 0.2) is 0 Å². The van der Waals surface area contributed by atoms with Gasteiger partial charge in [-0.15, -0.1) is 0 Å². The van der Waals surface area contributed by atoms with Crippen molar-refractivity contribution in [2.24, 2.45) is 0 Å². The Morgan fingerprint density at radius 1 is 1.08 bits per heavy atom. The predicted octanol–water partition coefficient (Wildman–Crippen LogP) is 1.94. The summed E-state index contributed by atoms with van der Waals surface area (Å²) in [5, 5.41) is 0. The van der Waals surface area contributed by atoms with Crippen LogP contribution in [0.25, 0.3) is 0 Å². The molecule has 0 aliphatic heterocycles. The smallest absolute Gasteiger partial charge is 0.179 e. The molecule has 4 heteroatoms. The van der Waals surface area contributed by atoms with Gasteiger partial charge in [0.2, 0.25) is 0 Å². The molecule has 0 aromatic carbocycles. The summed E-state index contributed by atoms with van der Waals surface area (Å²) in [6, 6.07) is 0.704. The third-order valence-electron chi connectivity index (χ3n) is 2.48. The fourth-order valence-electron chi connectivity index (χ4n) is 2.02. The van der Waals surface area contributed by atoms with Gasteiger partial charge in [0.1, 0.15) is 8.24 Å². The molecule has 0 rings (SSSR count). The summed E-state index contributed by atoms with van der Waals surface area (Å²) >= 11 is 0. The lowest BCUT2D eigenvalue weighted by atomic mass is 10.4. The summed E-state index contributed by atoms with van der Waals surface area (Å²) in [5.41, 5.74) is 0. The molecule has 0 aliphatic rings. The van der Waals surface area contributed by atoms with E-state index < -0.39 is 17.4 Å². The molecule has 80 valence electrons. The minimum atomic E-state index is -1.12. The molecule has 0 amide bonds. The molecule has 0 aliphatic carbocycles. The fourth-order valence-corrected chi connectivity index (χ4v) is 10.1. The Kier molecular flexibility index (Phi) is 4.86. The molecular weight excluding hydrogens is 192 g/mol. The van der Waals surface area contributed by atoms with Gasteiger partial charge >= 0.3 is 0 Å². The van der Waals surface area contributed by atoms with Gasteiger partial charge < -0.3 is 8.80 Å². The second kappa shape index (κ2) is 4.73. The van der Waals surface area contributed by atoms with Gasteiger partial charge in [-0.2, -0.15) is 0 Å². The third-order valence-corrected chi connectivity index (χ3v) is 10.9. The first-order chi connectivity index (χ1) is 5.68. The predicted molar refractivity (Wildman–Crippen MR) is 67.0 cm³/mol. The lowest BCUT2D eigenvalue weighted by Gasteiger charge is -2.44. The fraction of sp³-hybridized carbons (Fsp3) is 1.00. The van der Waals surface area contributed by atoms with Crippen LogP contribution in [-0.2, 0) is 0 Å². The average molecular weight is 218 g/mol. The van der Waals surface area contributed by atoms with Crippen LogP contribution in [0.3, 0.4) is 0 Å². The van der Waals surface area contributed by atoms with E-state index in [2.05, 4.69) is 62.9 Å². The van der Waals surface area contributed by atoms with E-state index in [1.54, 1.807) is 0 Å². The monoisotopic (exact) mass is 218 g/mol. The van der Waals surface area contributed by atoms with Crippen LogP contribution < -0.4 is 0 Å². The van der Waals surface area contributed by atoms with Crippen molar-refractivity contribution in [2.75, 3.05) is 14.1 Å². The second-order valence-corrected chi connectivity index (χ2v) is 13.5. The van der Waals surface area contributed by atoms with Crippen LogP contribution in [0.1, 0.15) is 13.8 Å². The maximum absolute atomic E-state index is 2.80. The SMILES string of the molecule is CC(C)N([SiH](C)N(C)C)[Si](C)(C)C. The molecule has 0 fully saturated rings. The van der Waals surface area contributed by atoms with Crippen LogP contribution in [-0.4, -0.2) is 46.3 Å². The standard InChI is InChI=1S/C9H26N2Si2/c1-9(2)11(13(6,7)8)12(5)10(3)4/h9,12H,1-8H3. The van der Waals surface area contributed by atoms with E-state index in [1.165, 1.54) is 0 Å². The Hall–Kier alpha value is 0.354. The van der Waals surface area contributed by atoms with Crippen LogP contribution >= 0.6 is 0 Å². The average Bonchev–Trinajstić information content (AvgIpc) is 1.82. The molecule has 0 radical (unpaired) electrons. The topological polar surface area (TPSA) is 6.48 Å². The van der Waals surface area contributed by atoms with Gasteiger partial charge in [0.05, 0.1) is 0 Å². The number of nitrogens with zero attached hydrogens (tertiary/aromatic N) is 2. The van der Waals surface area contributed by atoms with E-state index in [4.69, 9.17) is 0 Å². The summed E-state index contributed by atoms with van der Waals surface area (Å²) in [4.78, 5) is 0. The Morgan fingerprint density at radius 2 is 1.46 bits per heavy atom. The van der Waals surface area contributed by atoms with Crippen molar-refractivity contribution >= 4 is 17.4 Å². The molecule has 0 heterocycles. The minimum absolute atomic E-state index is 0.704. The molecule has 0 saturated carbocycles. The van der Waals surface area contributed by atoms with E-state index in [0.29, 0.717) is 6.04 Å². The Morgan fingerprint density at radius 3 is 1.54 bits per heavy atom. The molecule has 1 unspecified atom stereocenters. The highest BCUT2D eigenvalue weighted by Crippen LogP contribution is 2.16. The highest BCUT2D eigenvalue weighted by molar-refractivity contribution is 6.82. The van der Waals surface area contributed by atoms with E-state index in [-0.39, 0.29) is 0 Å². The molecule has 0 saturated heterocycles. The molecule has 0 aromatic rings. The number of hydrogen-bond acceptors (Lipinski definition) is 2. The van der Waals surface area contributed by atoms with Crippen LogP contribution in [0.4, 0.5) is 0 Å². The van der Waals surface area contributed by atoms with Crippen molar-refractivity contribution in [1.29, 1.82) is 0 Å². The molecule has 0 spiro atoms. The zero-order valence-corrected chi connectivity index (χ0v) is 12.7. The van der Waals surface area contributed by atoms with Crippen LogP contribution in [0.2, 0.25) is 26.2 Å². The highest BCUT2D eigenvalue weighted by Gasteiger charge is 2.31. The summed E-state index contributed by atoms with van der Waals surface area (Å²) < 4.78 is 5.23. The molecule has 1 atom stereocenters. The van der Waals surface area contributed by atoms with Crippen molar-refractivity contribution in [3.63, 3.8) is 0 Å². The van der Waals surface area contributed by atoms with Crippen molar-refractivity contribution in [3.05, 3.63) is 0 Å². The lowest BCUT2D eigenvalue weighted by Crippen LogP contribution is -2.61. The second-order valence-electron chi connectivity index (χ2n) is 5.27. The number of rotatable bonds is 4. The molecule has 2 nitrogen and oxygen atoms in total. The van der Waals surface area contributed by atoms with Crippen LogP contribution in [0, 0.1) is 0 Å². The van der Waals surface area contributed by atoms with Crippen molar-refractivity contribution in [3.8, 4) is 0 Å². The Balaban J connectivity index is 4.62. The van der Waals surface area contributed by atoms with E-state index in [0.717, 1.165) is 0 Å². The molecular formula is C9H26N2Si2. The van der Waals surface area contributed by atoms with Gasteiger partial charge in [0.25, 0.3) is 0 Å². The normalized spacial score (nSPS) is 15.9. The van der Waals surface area contributed by atoms with Crippen molar-refractivity contribution in [2.45, 2.75) is 46.1 Å². The zero-order valence-electron chi connectivity index (χ0n) is 10.5. The molecule has 0 bridgehead atoms. The number of hydrogen-bond donors (Lipinski definition) is 0. The largest absolute Gasteiger partial charge is 0.334 e. The molecule has 0 aromatic heterocycles. The first-order valence-electron chi connectivity index (χ1n) is 5.12. The first-order valence-corrected chi connectivity index (χ1v) is 10.8. The molecule has 13 heavy (non-hydrogen) atoms. The lowest BCUT2D eigenvalue weighted by molar-refractivity contribution is 0.463. The van der Waals surface area contributed by atoms with Crippen molar-refractivity contribution < 1.29 is 0 Å². The summed E-state index contributed by atoms with van der Waals surface area (Å²) in [6.07, 6.45) is 0. The Labute approximate surface area is 86.8 Å². The summed E-state index contributed by atoms with van der Waals surface area (Å²) in [5.74, 6) is 0. The maximum Gasteiger partial charge on any atom is 0.179 e. The summed E-state index contributed by atoms with van der Waals surface area (Å²) in [7, 11) is 2.46. The first kappa shape index (κ1) is 13.4. The Bertz CT molecular complexity index is 152. The van der Waals surface area contributed by atoms with E-state index in [1.807, 2.05) is 0 Å². The molecule has 0 N–H and O–H groups in total. The van der Waals surface area contributed by atoms with Gasteiger partial charge in [-0.1, -0.05) is 33.5 Å². The van der Waals surface area contributed by atoms with Gasteiger partial charge in [-0.3, -0.25) is 0 Å². The van der Waals surface area contributed by atoms with E-state index >= 15 is 0 Å². The van der Waals surface area contributed by atoms with Gasteiger partial charge in [0, 0.05) is 0 Å². The van der Waals surface area contributed by atoms with Gasteiger partial charge in [-0.05, 0) is 26.7 Å². The van der Waals surface area contributed by atoms with Crippen molar-refractivity contribution in [1.82, 2.24) is 8.80 Å². The van der Waals surface area contributed by atoms with Gasteiger partial charge in [0.15, 0.2) is 9.12 Å². The van der Waals surface area contributed by atoms with Gasteiger partial charge in [-0.25, -0.2) is 0 Å². The van der Waals surface area contributed by atoms with Crippen LogP contribution in [0.5, 0.6) is 0 Å². The third kappa shape index (κ3) is 3.93.